The predicted octanol–water partition coefficient (Wildman–Crippen LogP) is 3.23. The summed E-state index contributed by atoms with van der Waals surface area (Å²) >= 11 is 0. The number of ether oxygens (including phenoxy) is 2. The molecule has 0 spiro atoms. The van der Waals surface area contributed by atoms with E-state index in [9.17, 15) is 0 Å². The van der Waals surface area contributed by atoms with Crippen LogP contribution < -0.4 is 4.90 Å². The lowest BCUT2D eigenvalue weighted by atomic mass is 10.1. The van der Waals surface area contributed by atoms with Gasteiger partial charge >= 0.3 is 0 Å². The molecule has 0 aliphatic carbocycles. The van der Waals surface area contributed by atoms with Gasteiger partial charge in [-0.1, -0.05) is 30.3 Å². The second-order valence-corrected chi connectivity index (χ2v) is 8.10. The van der Waals surface area contributed by atoms with Gasteiger partial charge in [-0.15, -0.1) is 0 Å². The molecule has 0 bridgehead atoms. The number of hydrogen-bond acceptors (Lipinski definition) is 7. The fourth-order valence-electron chi connectivity index (χ4n) is 4.43. The van der Waals surface area contributed by atoms with Crippen LogP contribution in [0.25, 0.3) is 22.4 Å². The average Bonchev–Trinajstić information content (AvgIpc) is 3.02. The second kappa shape index (κ2) is 8.29. The van der Waals surface area contributed by atoms with Gasteiger partial charge in [0, 0.05) is 37.7 Å². The van der Waals surface area contributed by atoms with Gasteiger partial charge in [-0.25, -0.2) is 19.9 Å². The number of imidazole rings is 1. The number of nitrogens with zero attached hydrogens (tertiary/aromatic N) is 6. The molecule has 3 aromatic heterocycles. The first kappa shape index (κ1) is 19.3. The van der Waals surface area contributed by atoms with Crippen molar-refractivity contribution < 1.29 is 9.47 Å². The van der Waals surface area contributed by atoms with Crippen LogP contribution in [0.15, 0.2) is 54.9 Å². The van der Waals surface area contributed by atoms with Crippen LogP contribution in [-0.4, -0.2) is 57.4 Å². The third-order valence-electron chi connectivity index (χ3n) is 6.05. The number of hydrogen-bond donors (Lipinski definition) is 0. The molecule has 0 N–H and O–H groups in total. The van der Waals surface area contributed by atoms with Crippen LogP contribution in [-0.2, 0) is 16.1 Å². The highest BCUT2D eigenvalue weighted by atomic mass is 16.5. The lowest BCUT2D eigenvalue weighted by Crippen LogP contribution is -2.27. The van der Waals surface area contributed by atoms with Crippen LogP contribution in [0, 0.1) is 0 Å². The Kier molecular flexibility index (Phi) is 5.01. The number of pyridine rings is 1. The highest BCUT2D eigenvalue weighted by Gasteiger charge is 2.26. The summed E-state index contributed by atoms with van der Waals surface area (Å²) in [6, 6.07) is 14.4. The van der Waals surface area contributed by atoms with Crippen molar-refractivity contribution in [2.45, 2.75) is 19.1 Å². The van der Waals surface area contributed by atoms with E-state index in [-0.39, 0.29) is 6.04 Å². The molecule has 5 heterocycles. The van der Waals surface area contributed by atoms with E-state index in [0.29, 0.717) is 19.8 Å². The van der Waals surface area contributed by atoms with Crippen LogP contribution in [0.3, 0.4) is 0 Å². The largest absolute Gasteiger partial charge is 0.380 e. The van der Waals surface area contributed by atoms with Crippen molar-refractivity contribution in [2.24, 2.45) is 0 Å². The molecule has 1 atom stereocenters. The van der Waals surface area contributed by atoms with Crippen molar-refractivity contribution in [1.82, 2.24) is 24.5 Å². The van der Waals surface area contributed by atoms with Crippen molar-refractivity contribution in [3.8, 4) is 11.3 Å². The van der Waals surface area contributed by atoms with Gasteiger partial charge in [0.1, 0.15) is 17.9 Å². The lowest BCUT2D eigenvalue weighted by molar-refractivity contribution is 0.0677. The minimum absolute atomic E-state index is 0.0524. The zero-order chi connectivity index (χ0) is 21.3. The minimum Gasteiger partial charge on any atom is -0.380 e. The van der Waals surface area contributed by atoms with Gasteiger partial charge in [0.05, 0.1) is 24.9 Å². The predicted molar refractivity (Wildman–Crippen MR) is 120 cm³/mol. The normalized spacial score (nSPS) is 19.0. The quantitative estimate of drug-likeness (QED) is 0.496. The Balaban J connectivity index is 1.36. The SMILES string of the molecule is c1ccc(C2COCc3nc4ccc(-c5cnc(N6CCCOCC6)nc5)nc4n32)cc1. The van der Waals surface area contributed by atoms with E-state index in [2.05, 4.69) is 43.7 Å². The zero-order valence-corrected chi connectivity index (χ0v) is 17.7. The summed E-state index contributed by atoms with van der Waals surface area (Å²) in [6.45, 7) is 4.33. The summed E-state index contributed by atoms with van der Waals surface area (Å²) in [6.07, 6.45) is 4.70. The van der Waals surface area contributed by atoms with Crippen molar-refractivity contribution in [1.29, 1.82) is 0 Å². The molecule has 2 aliphatic rings. The van der Waals surface area contributed by atoms with Crippen molar-refractivity contribution in [3.05, 3.63) is 66.2 Å². The molecule has 1 aromatic carbocycles. The maximum Gasteiger partial charge on any atom is 0.225 e. The molecule has 4 aromatic rings. The number of rotatable bonds is 3. The first-order valence-corrected chi connectivity index (χ1v) is 11.0. The van der Waals surface area contributed by atoms with E-state index in [4.69, 9.17) is 19.4 Å². The molecule has 162 valence electrons. The standard InChI is InChI=1S/C24H24N6O2/c1-2-5-17(6-3-1)21-15-32-16-22-27-20-8-7-19(28-23(20)30(21)22)18-13-25-24(26-14-18)29-9-4-11-31-12-10-29/h1-3,5-8,13-14,21H,4,9-12,15-16H2. The van der Waals surface area contributed by atoms with Gasteiger partial charge in [0.25, 0.3) is 0 Å². The van der Waals surface area contributed by atoms with E-state index in [0.717, 1.165) is 60.3 Å². The van der Waals surface area contributed by atoms with Gasteiger partial charge in [-0.05, 0) is 24.1 Å². The Morgan fingerprint density at radius 1 is 0.875 bits per heavy atom. The molecule has 1 saturated heterocycles. The van der Waals surface area contributed by atoms with Gasteiger partial charge in [-0.2, -0.15) is 0 Å². The Labute approximate surface area is 185 Å². The molecular weight excluding hydrogens is 404 g/mol. The molecule has 8 nitrogen and oxygen atoms in total. The van der Waals surface area contributed by atoms with Crippen LogP contribution >= 0.6 is 0 Å². The second-order valence-electron chi connectivity index (χ2n) is 8.10. The summed E-state index contributed by atoms with van der Waals surface area (Å²) in [4.78, 5) is 21.2. The maximum absolute atomic E-state index is 5.84. The van der Waals surface area contributed by atoms with Gasteiger partial charge in [0.15, 0.2) is 5.65 Å². The molecule has 0 saturated carbocycles. The van der Waals surface area contributed by atoms with E-state index in [1.165, 1.54) is 5.56 Å². The molecule has 2 aliphatic heterocycles. The fourth-order valence-corrected chi connectivity index (χ4v) is 4.43. The zero-order valence-electron chi connectivity index (χ0n) is 17.7. The van der Waals surface area contributed by atoms with Crippen molar-refractivity contribution >= 4 is 17.1 Å². The van der Waals surface area contributed by atoms with Crippen LogP contribution in [0.5, 0.6) is 0 Å². The molecule has 0 amide bonds. The molecule has 32 heavy (non-hydrogen) atoms. The van der Waals surface area contributed by atoms with Crippen LogP contribution in [0.4, 0.5) is 5.95 Å². The minimum atomic E-state index is 0.0524. The number of benzene rings is 1. The summed E-state index contributed by atoms with van der Waals surface area (Å²) in [5.41, 5.74) is 4.65. The number of anilines is 1. The van der Waals surface area contributed by atoms with E-state index in [1.54, 1.807) is 0 Å². The first-order valence-electron chi connectivity index (χ1n) is 11.0. The molecule has 1 unspecified atom stereocenters. The third kappa shape index (κ3) is 3.51. The van der Waals surface area contributed by atoms with Crippen molar-refractivity contribution in [3.63, 3.8) is 0 Å². The number of fused-ring (bicyclic) bond motifs is 3. The average molecular weight is 428 g/mol. The highest BCUT2D eigenvalue weighted by Crippen LogP contribution is 2.31. The maximum atomic E-state index is 5.84. The molecule has 0 radical (unpaired) electrons. The van der Waals surface area contributed by atoms with E-state index in [1.807, 2.05) is 30.6 Å². The Morgan fingerprint density at radius 3 is 2.62 bits per heavy atom. The molecule has 1 fully saturated rings. The Morgan fingerprint density at radius 2 is 1.75 bits per heavy atom. The Hall–Kier alpha value is -3.36. The Bertz CT molecular complexity index is 1220. The molecule has 6 rings (SSSR count). The van der Waals surface area contributed by atoms with Gasteiger partial charge in [-0.3, -0.25) is 0 Å². The van der Waals surface area contributed by atoms with Crippen LogP contribution in [0.2, 0.25) is 0 Å². The third-order valence-corrected chi connectivity index (χ3v) is 6.05. The smallest absolute Gasteiger partial charge is 0.225 e. The lowest BCUT2D eigenvalue weighted by Gasteiger charge is -2.26. The summed E-state index contributed by atoms with van der Waals surface area (Å²) in [7, 11) is 0. The van der Waals surface area contributed by atoms with E-state index < -0.39 is 0 Å². The highest BCUT2D eigenvalue weighted by molar-refractivity contribution is 5.76. The first-order chi connectivity index (χ1) is 15.9. The fraction of sp³-hybridized carbons (Fsp3) is 0.333. The summed E-state index contributed by atoms with van der Waals surface area (Å²) < 4.78 is 13.6. The molecular formula is C24H24N6O2. The summed E-state index contributed by atoms with van der Waals surface area (Å²) in [5.74, 6) is 1.64. The monoisotopic (exact) mass is 428 g/mol. The van der Waals surface area contributed by atoms with E-state index >= 15 is 0 Å². The van der Waals surface area contributed by atoms with Gasteiger partial charge in [0.2, 0.25) is 5.95 Å². The van der Waals surface area contributed by atoms with Gasteiger partial charge < -0.3 is 18.9 Å². The molecule has 8 heteroatoms. The number of aromatic nitrogens is 5. The van der Waals surface area contributed by atoms with Crippen molar-refractivity contribution in [2.75, 3.05) is 37.8 Å². The topological polar surface area (TPSA) is 78.2 Å². The summed E-state index contributed by atoms with van der Waals surface area (Å²) in [5, 5.41) is 0. The van der Waals surface area contributed by atoms with Crippen LogP contribution in [0.1, 0.15) is 23.9 Å².